The molecule has 1 amide bonds. The lowest BCUT2D eigenvalue weighted by molar-refractivity contribution is -0.118. The second-order valence-electron chi connectivity index (χ2n) is 12.0. The first-order chi connectivity index (χ1) is 25.4. The zero-order valence-corrected chi connectivity index (χ0v) is 28.3. The molecule has 1 fully saturated rings. The predicted molar refractivity (Wildman–Crippen MR) is 189 cm³/mol. The molecule has 0 bridgehead atoms. The molecule has 7 rings (SSSR count). The maximum Gasteiger partial charge on any atom is 0.263 e. The van der Waals surface area contributed by atoms with E-state index >= 15 is 4.39 Å². The van der Waals surface area contributed by atoms with Gasteiger partial charge in [-0.25, -0.2) is 19.3 Å². The van der Waals surface area contributed by atoms with Crippen LogP contribution < -0.4 is 19.5 Å². The van der Waals surface area contributed by atoms with Crippen molar-refractivity contribution < 1.29 is 38.0 Å². The van der Waals surface area contributed by atoms with Crippen molar-refractivity contribution in [3.05, 3.63) is 139 Å². The van der Waals surface area contributed by atoms with Crippen molar-refractivity contribution in [2.24, 2.45) is 0 Å². The molecule has 13 heteroatoms. The number of fused-ring (bicyclic) bond motifs is 1. The Bertz CT molecular complexity index is 2050. The monoisotopic (exact) mass is 705 g/mol. The zero-order valence-electron chi connectivity index (χ0n) is 28.3. The van der Waals surface area contributed by atoms with E-state index in [1.807, 2.05) is 84.9 Å². The summed E-state index contributed by atoms with van der Waals surface area (Å²) < 4.78 is 46.8. The van der Waals surface area contributed by atoms with Crippen LogP contribution in [0.2, 0.25) is 0 Å². The standard InChI is InChI=1S/C39H36FN5O7/c1-48-28-17-13-26(14-18-28)39(25-9-5-3-6-10-25,27-15-19-29(49-2)20-16-27)51-21-31-35(47)33(40)38(52-31)45-24-43-34-36(41-23-42-37(34)45)44-32(46)22-50-30-11-7-4-8-12-30/h3-20,23-24,31,33,35,38,47H,21-22H2,1-2H3,(H,41,42,44,46)/t31-,33-,35-,38-/m1/s1. The van der Waals surface area contributed by atoms with Crippen LogP contribution in [0.5, 0.6) is 17.2 Å². The van der Waals surface area contributed by atoms with Gasteiger partial charge in [-0.1, -0.05) is 72.8 Å². The minimum absolute atomic E-state index is 0.117. The highest BCUT2D eigenvalue weighted by Gasteiger charge is 2.48. The number of alkyl halides is 1. The molecule has 1 aliphatic rings. The minimum Gasteiger partial charge on any atom is -0.497 e. The van der Waals surface area contributed by atoms with E-state index in [1.54, 1.807) is 38.5 Å². The second kappa shape index (κ2) is 15.2. The average Bonchev–Trinajstić information content (AvgIpc) is 3.75. The van der Waals surface area contributed by atoms with Crippen LogP contribution >= 0.6 is 0 Å². The molecule has 3 heterocycles. The van der Waals surface area contributed by atoms with Crippen molar-refractivity contribution in [3.63, 3.8) is 0 Å². The maximum absolute atomic E-state index is 16.0. The number of carbonyl (C=O) groups is 1. The van der Waals surface area contributed by atoms with Crippen molar-refractivity contribution in [1.29, 1.82) is 0 Å². The van der Waals surface area contributed by atoms with Crippen molar-refractivity contribution in [2.45, 2.75) is 30.2 Å². The molecule has 4 aromatic carbocycles. The number of amides is 1. The molecule has 0 saturated carbocycles. The number of benzene rings is 4. The third-order valence-electron chi connectivity index (χ3n) is 8.94. The molecule has 0 spiro atoms. The van der Waals surface area contributed by atoms with Crippen LogP contribution in [0.25, 0.3) is 11.2 Å². The van der Waals surface area contributed by atoms with Gasteiger partial charge in [0.2, 0.25) is 0 Å². The number of hydrogen-bond donors (Lipinski definition) is 2. The first-order valence-corrected chi connectivity index (χ1v) is 16.5. The number of halogens is 1. The third kappa shape index (κ3) is 6.76. The zero-order chi connectivity index (χ0) is 36.1. The number of para-hydroxylation sites is 1. The van der Waals surface area contributed by atoms with Gasteiger partial charge in [0.1, 0.15) is 41.4 Å². The van der Waals surface area contributed by atoms with Gasteiger partial charge >= 0.3 is 0 Å². The summed E-state index contributed by atoms with van der Waals surface area (Å²) in [5.41, 5.74) is 1.54. The molecule has 0 aliphatic carbocycles. The smallest absolute Gasteiger partial charge is 0.263 e. The van der Waals surface area contributed by atoms with Gasteiger partial charge in [0.15, 0.2) is 36.0 Å². The summed E-state index contributed by atoms with van der Waals surface area (Å²) in [5.74, 6) is 1.51. The Morgan fingerprint density at radius 2 is 1.42 bits per heavy atom. The van der Waals surface area contributed by atoms with E-state index in [-0.39, 0.29) is 30.2 Å². The van der Waals surface area contributed by atoms with Gasteiger partial charge in [-0.05, 0) is 53.1 Å². The van der Waals surface area contributed by atoms with Gasteiger partial charge in [-0.3, -0.25) is 9.36 Å². The van der Waals surface area contributed by atoms with Crippen LogP contribution in [0.1, 0.15) is 22.9 Å². The molecule has 1 aliphatic heterocycles. The molecule has 0 unspecified atom stereocenters. The highest BCUT2D eigenvalue weighted by Crippen LogP contribution is 2.43. The number of carbonyl (C=O) groups excluding carboxylic acids is 1. The van der Waals surface area contributed by atoms with E-state index in [1.165, 1.54) is 17.2 Å². The molecular formula is C39H36FN5O7. The number of hydrogen-bond acceptors (Lipinski definition) is 10. The number of nitrogens with one attached hydrogen (secondary N) is 1. The number of methoxy groups -OCH3 is 2. The van der Waals surface area contributed by atoms with Crippen LogP contribution in [-0.4, -0.2) is 76.3 Å². The predicted octanol–water partition coefficient (Wildman–Crippen LogP) is 5.47. The van der Waals surface area contributed by atoms with Crippen LogP contribution in [0.15, 0.2) is 122 Å². The number of aliphatic hydroxyl groups excluding tert-OH is 1. The molecule has 0 radical (unpaired) electrons. The fraction of sp³-hybridized carbons (Fsp3) is 0.231. The molecule has 2 aromatic heterocycles. The number of aromatic nitrogens is 4. The van der Waals surface area contributed by atoms with Gasteiger partial charge in [0.05, 0.1) is 27.2 Å². The molecule has 12 nitrogen and oxygen atoms in total. The minimum atomic E-state index is -1.87. The lowest BCUT2D eigenvalue weighted by Crippen LogP contribution is -2.39. The first-order valence-electron chi connectivity index (χ1n) is 16.5. The van der Waals surface area contributed by atoms with Gasteiger partial charge in [-0.2, -0.15) is 0 Å². The molecule has 1 saturated heterocycles. The van der Waals surface area contributed by atoms with E-state index in [0.29, 0.717) is 17.2 Å². The highest BCUT2D eigenvalue weighted by molar-refractivity contribution is 5.97. The normalized spacial score (nSPS) is 18.6. The Morgan fingerprint density at radius 3 is 2.04 bits per heavy atom. The van der Waals surface area contributed by atoms with Crippen LogP contribution in [-0.2, 0) is 19.9 Å². The van der Waals surface area contributed by atoms with E-state index in [2.05, 4.69) is 20.3 Å². The summed E-state index contributed by atoms with van der Waals surface area (Å²) in [6.07, 6.45) is -3.25. The topological polar surface area (TPSA) is 139 Å². The van der Waals surface area contributed by atoms with Crippen molar-refractivity contribution in [2.75, 3.05) is 32.8 Å². The Balaban J connectivity index is 1.15. The summed E-state index contributed by atoms with van der Waals surface area (Å²) in [4.78, 5) is 25.5. The summed E-state index contributed by atoms with van der Waals surface area (Å²) in [5, 5.41) is 13.9. The quantitative estimate of drug-likeness (QED) is 0.149. The summed E-state index contributed by atoms with van der Waals surface area (Å²) in [6, 6.07) is 33.5. The summed E-state index contributed by atoms with van der Waals surface area (Å²) in [7, 11) is 3.19. The lowest BCUT2D eigenvalue weighted by atomic mass is 9.80. The Labute approximate surface area is 298 Å². The summed E-state index contributed by atoms with van der Waals surface area (Å²) >= 11 is 0. The molecule has 4 atom stereocenters. The Hall–Kier alpha value is -5.89. The summed E-state index contributed by atoms with van der Waals surface area (Å²) in [6.45, 7) is -0.463. The van der Waals surface area contributed by atoms with Crippen LogP contribution in [0, 0.1) is 0 Å². The number of aliphatic hydroxyl groups is 1. The van der Waals surface area contributed by atoms with E-state index < -0.39 is 36.1 Å². The number of anilines is 1. The molecule has 6 aromatic rings. The third-order valence-corrected chi connectivity index (χ3v) is 8.94. The van der Waals surface area contributed by atoms with Crippen LogP contribution in [0.4, 0.5) is 10.2 Å². The fourth-order valence-corrected chi connectivity index (χ4v) is 6.31. The van der Waals surface area contributed by atoms with E-state index in [9.17, 15) is 9.90 Å². The van der Waals surface area contributed by atoms with Gasteiger partial charge in [-0.15, -0.1) is 0 Å². The fourth-order valence-electron chi connectivity index (χ4n) is 6.31. The highest BCUT2D eigenvalue weighted by atomic mass is 19.1. The average molecular weight is 706 g/mol. The number of rotatable bonds is 13. The van der Waals surface area contributed by atoms with Gasteiger partial charge in [0.25, 0.3) is 5.91 Å². The molecular weight excluding hydrogens is 669 g/mol. The number of ether oxygens (including phenoxy) is 5. The number of nitrogens with zero attached hydrogens (tertiary/aromatic N) is 4. The van der Waals surface area contributed by atoms with Gasteiger partial charge < -0.3 is 34.1 Å². The van der Waals surface area contributed by atoms with Crippen molar-refractivity contribution in [3.8, 4) is 17.2 Å². The number of imidazole rings is 1. The Kier molecular flexibility index (Phi) is 10.1. The van der Waals surface area contributed by atoms with Crippen molar-refractivity contribution in [1.82, 2.24) is 19.5 Å². The first kappa shape index (κ1) is 34.6. The van der Waals surface area contributed by atoms with Crippen molar-refractivity contribution >= 4 is 22.9 Å². The molecule has 2 N–H and O–H groups in total. The SMILES string of the molecule is COc1ccc(C(OC[C@H]2O[C@@H](n3cnc4c(NC(=O)COc5ccccc5)ncnc43)[C@H](F)[C@@H]2O)(c2ccccc2)c2ccc(OC)cc2)cc1. The lowest BCUT2D eigenvalue weighted by Gasteiger charge is -2.37. The maximum atomic E-state index is 16.0. The molecule has 52 heavy (non-hydrogen) atoms. The molecule has 266 valence electrons. The Morgan fingerprint density at radius 1 is 0.827 bits per heavy atom. The van der Waals surface area contributed by atoms with Gasteiger partial charge in [0, 0.05) is 0 Å². The van der Waals surface area contributed by atoms with Crippen LogP contribution in [0.3, 0.4) is 0 Å². The van der Waals surface area contributed by atoms with E-state index in [4.69, 9.17) is 23.7 Å². The largest absolute Gasteiger partial charge is 0.497 e. The second-order valence-corrected chi connectivity index (χ2v) is 12.0. The van der Waals surface area contributed by atoms with E-state index in [0.717, 1.165) is 16.7 Å².